The van der Waals surface area contributed by atoms with Crippen LogP contribution in [0.1, 0.15) is 44.0 Å². The molecule has 160 valence electrons. The van der Waals surface area contributed by atoms with E-state index in [0.717, 1.165) is 5.56 Å². The third-order valence-corrected chi connectivity index (χ3v) is 4.99. The molecule has 1 N–H and O–H groups in total. The Morgan fingerprint density at radius 2 is 1.90 bits per heavy atom. The Bertz CT molecular complexity index is 874. The first-order valence-electron chi connectivity index (χ1n) is 10.1. The molecule has 1 aromatic carbocycles. The van der Waals surface area contributed by atoms with Gasteiger partial charge in [0.2, 0.25) is 5.88 Å². The van der Waals surface area contributed by atoms with Crippen LogP contribution in [-0.2, 0) is 16.1 Å². The first kappa shape index (κ1) is 21.4. The van der Waals surface area contributed by atoms with E-state index in [4.69, 9.17) is 14.2 Å². The number of fused-ring (bicyclic) bond motifs is 1. The maximum atomic E-state index is 12.6. The van der Waals surface area contributed by atoms with Crippen molar-refractivity contribution in [2.45, 2.75) is 45.4 Å². The minimum Gasteiger partial charge on any atom is -0.481 e. The molecular formula is C22H27N3O5. The van der Waals surface area contributed by atoms with Gasteiger partial charge in [-0.15, -0.1) is 0 Å². The van der Waals surface area contributed by atoms with Crippen molar-refractivity contribution in [3.05, 3.63) is 53.7 Å². The number of nitrogens with zero attached hydrogens (tertiary/aromatic N) is 2. The summed E-state index contributed by atoms with van der Waals surface area (Å²) in [6.45, 7) is 4.20. The molecule has 0 saturated carbocycles. The molecular weight excluding hydrogens is 386 g/mol. The van der Waals surface area contributed by atoms with E-state index in [1.807, 2.05) is 37.3 Å². The fraction of sp³-hybridized carbons (Fsp3) is 0.409. The number of aromatic nitrogens is 1. The number of rotatable bonds is 6. The summed E-state index contributed by atoms with van der Waals surface area (Å²) in [5, 5.41) is 2.89. The van der Waals surface area contributed by atoms with Crippen LogP contribution in [0, 0.1) is 0 Å². The average Bonchev–Trinajstić information content (AvgIpc) is 2.77. The summed E-state index contributed by atoms with van der Waals surface area (Å²) in [5.41, 5.74) is 2.04. The molecule has 30 heavy (non-hydrogen) atoms. The van der Waals surface area contributed by atoms with Gasteiger partial charge in [-0.3, -0.25) is 4.90 Å². The number of carbonyl (C=O) groups is 2. The summed E-state index contributed by atoms with van der Waals surface area (Å²) in [6, 6.07) is 12.3. The first-order valence-corrected chi connectivity index (χ1v) is 10.1. The van der Waals surface area contributed by atoms with Crippen LogP contribution in [0.25, 0.3) is 0 Å². The van der Waals surface area contributed by atoms with Gasteiger partial charge in [0.15, 0.2) is 0 Å². The zero-order valence-corrected chi connectivity index (χ0v) is 17.5. The Morgan fingerprint density at radius 3 is 2.57 bits per heavy atom. The minimum atomic E-state index is -0.543. The van der Waals surface area contributed by atoms with Crippen LogP contribution in [-0.4, -0.2) is 36.9 Å². The van der Waals surface area contributed by atoms with Crippen LogP contribution < -0.4 is 15.0 Å². The quantitative estimate of drug-likeness (QED) is 0.763. The molecule has 2 atom stereocenters. The SMILES string of the molecule is CCOC(=O)N1c2ccc(OC)nc2C(NC(=O)OCc2ccccc2)CC1CC. The second kappa shape index (κ2) is 9.96. The van der Waals surface area contributed by atoms with Crippen molar-refractivity contribution in [2.75, 3.05) is 18.6 Å². The highest BCUT2D eigenvalue weighted by molar-refractivity contribution is 5.90. The molecule has 0 spiro atoms. The zero-order valence-electron chi connectivity index (χ0n) is 17.5. The van der Waals surface area contributed by atoms with Crippen LogP contribution in [0.3, 0.4) is 0 Å². The highest BCUT2D eigenvalue weighted by Crippen LogP contribution is 2.38. The Hall–Kier alpha value is -3.29. The van der Waals surface area contributed by atoms with Crippen LogP contribution in [0.15, 0.2) is 42.5 Å². The number of pyridine rings is 1. The molecule has 8 nitrogen and oxygen atoms in total. The summed E-state index contributed by atoms with van der Waals surface area (Å²) >= 11 is 0. The number of carbonyl (C=O) groups excluding carboxylic acids is 2. The van der Waals surface area contributed by atoms with Crippen molar-refractivity contribution in [3.63, 3.8) is 0 Å². The lowest BCUT2D eigenvalue weighted by molar-refractivity contribution is 0.133. The molecule has 2 heterocycles. The molecule has 0 fully saturated rings. The predicted octanol–water partition coefficient (Wildman–Crippen LogP) is 4.20. The highest BCUT2D eigenvalue weighted by Gasteiger charge is 2.38. The molecule has 0 radical (unpaired) electrons. The Labute approximate surface area is 176 Å². The summed E-state index contributed by atoms with van der Waals surface area (Å²) in [4.78, 5) is 31.2. The Balaban J connectivity index is 1.82. The van der Waals surface area contributed by atoms with Gasteiger partial charge in [-0.05, 0) is 31.4 Å². The molecule has 0 aliphatic carbocycles. The predicted molar refractivity (Wildman–Crippen MR) is 111 cm³/mol. The molecule has 1 aliphatic rings. The number of methoxy groups -OCH3 is 1. The highest BCUT2D eigenvalue weighted by atomic mass is 16.6. The number of benzene rings is 1. The lowest BCUT2D eigenvalue weighted by Gasteiger charge is -2.39. The van der Waals surface area contributed by atoms with Crippen molar-refractivity contribution in [1.29, 1.82) is 0 Å². The van der Waals surface area contributed by atoms with Gasteiger partial charge >= 0.3 is 12.2 Å². The lowest BCUT2D eigenvalue weighted by atomic mass is 9.93. The summed E-state index contributed by atoms with van der Waals surface area (Å²) in [6.07, 6.45) is 0.214. The topological polar surface area (TPSA) is 90.0 Å². The molecule has 2 unspecified atom stereocenters. The monoisotopic (exact) mass is 413 g/mol. The van der Waals surface area contributed by atoms with Crippen LogP contribution in [0.5, 0.6) is 5.88 Å². The number of nitrogens with one attached hydrogen (secondary N) is 1. The summed E-state index contributed by atoms with van der Waals surface area (Å²) < 4.78 is 15.9. The van der Waals surface area contributed by atoms with Crippen molar-refractivity contribution < 1.29 is 23.8 Å². The molecule has 2 aromatic rings. The van der Waals surface area contributed by atoms with E-state index in [-0.39, 0.29) is 19.3 Å². The summed E-state index contributed by atoms with van der Waals surface area (Å²) in [7, 11) is 1.52. The number of ether oxygens (including phenoxy) is 3. The maximum Gasteiger partial charge on any atom is 0.414 e. The maximum absolute atomic E-state index is 12.6. The molecule has 0 saturated heterocycles. The minimum absolute atomic E-state index is 0.147. The fourth-order valence-corrected chi connectivity index (χ4v) is 3.53. The third-order valence-electron chi connectivity index (χ3n) is 4.99. The smallest absolute Gasteiger partial charge is 0.414 e. The molecule has 3 rings (SSSR count). The van der Waals surface area contributed by atoms with Crippen molar-refractivity contribution in [2.24, 2.45) is 0 Å². The van der Waals surface area contributed by atoms with Gasteiger partial charge in [0, 0.05) is 12.1 Å². The normalized spacial score (nSPS) is 17.6. The molecule has 8 heteroatoms. The van der Waals surface area contributed by atoms with E-state index < -0.39 is 18.2 Å². The lowest BCUT2D eigenvalue weighted by Crippen LogP contribution is -2.48. The van der Waals surface area contributed by atoms with Crippen LogP contribution in [0.4, 0.5) is 15.3 Å². The van der Waals surface area contributed by atoms with E-state index >= 15 is 0 Å². The van der Waals surface area contributed by atoms with Gasteiger partial charge in [-0.2, -0.15) is 0 Å². The van der Waals surface area contributed by atoms with E-state index in [9.17, 15) is 9.59 Å². The third kappa shape index (κ3) is 4.82. The second-order valence-electron chi connectivity index (χ2n) is 6.88. The molecule has 0 bridgehead atoms. The van der Waals surface area contributed by atoms with Gasteiger partial charge in [-0.1, -0.05) is 37.3 Å². The largest absolute Gasteiger partial charge is 0.481 e. The van der Waals surface area contributed by atoms with Crippen molar-refractivity contribution >= 4 is 17.9 Å². The van der Waals surface area contributed by atoms with E-state index in [1.165, 1.54) is 7.11 Å². The first-order chi connectivity index (χ1) is 14.6. The van der Waals surface area contributed by atoms with Crippen LogP contribution in [0.2, 0.25) is 0 Å². The van der Waals surface area contributed by atoms with Crippen LogP contribution >= 0.6 is 0 Å². The Kier molecular flexibility index (Phi) is 7.11. The number of alkyl carbamates (subject to hydrolysis) is 1. The summed E-state index contributed by atoms with van der Waals surface area (Å²) in [5.74, 6) is 0.400. The van der Waals surface area contributed by atoms with Gasteiger partial charge in [0.25, 0.3) is 0 Å². The number of anilines is 1. The Morgan fingerprint density at radius 1 is 1.13 bits per heavy atom. The zero-order chi connectivity index (χ0) is 21.5. The number of amides is 2. The second-order valence-corrected chi connectivity index (χ2v) is 6.88. The van der Waals surface area contributed by atoms with Crippen molar-refractivity contribution in [3.8, 4) is 5.88 Å². The van der Waals surface area contributed by atoms with Crippen molar-refractivity contribution in [1.82, 2.24) is 10.3 Å². The molecule has 1 aliphatic heterocycles. The fourth-order valence-electron chi connectivity index (χ4n) is 3.53. The van der Waals surface area contributed by atoms with E-state index in [2.05, 4.69) is 10.3 Å². The molecule has 1 aromatic heterocycles. The number of hydrogen-bond acceptors (Lipinski definition) is 6. The van der Waals surface area contributed by atoms with Gasteiger partial charge in [-0.25, -0.2) is 14.6 Å². The number of hydrogen-bond donors (Lipinski definition) is 1. The van der Waals surface area contributed by atoms with Gasteiger partial charge in [0.05, 0.1) is 31.1 Å². The van der Waals surface area contributed by atoms with E-state index in [1.54, 1.807) is 24.0 Å². The van der Waals surface area contributed by atoms with Gasteiger partial charge < -0.3 is 19.5 Å². The molecule has 2 amide bonds. The van der Waals surface area contributed by atoms with Gasteiger partial charge in [0.1, 0.15) is 6.61 Å². The average molecular weight is 413 g/mol. The van der Waals surface area contributed by atoms with E-state index in [0.29, 0.717) is 30.1 Å². The standard InChI is InChI=1S/C22H27N3O5/c1-4-16-13-17(23-21(26)30-14-15-9-7-6-8-10-15)20-18(11-12-19(24-20)28-3)25(16)22(27)29-5-2/h6-12,16-17H,4-5,13-14H2,1-3H3,(H,23,26).